The summed E-state index contributed by atoms with van der Waals surface area (Å²) in [5, 5.41) is 10.5. The molecule has 2 aliphatic rings. The van der Waals surface area contributed by atoms with E-state index < -0.39 is 12.1 Å². The Bertz CT molecular complexity index is 920. The third-order valence-corrected chi connectivity index (χ3v) is 5.55. The first-order valence-electron chi connectivity index (χ1n) is 10.2. The molecule has 2 atom stereocenters. The van der Waals surface area contributed by atoms with Gasteiger partial charge in [0.2, 0.25) is 0 Å². The molecular weight excluding hydrogens is 432 g/mol. The number of nitrogens with one attached hydrogen (secondary N) is 1. The second-order valence-electron chi connectivity index (χ2n) is 8.12. The monoisotopic (exact) mass is 458 g/mol. The largest absolute Gasteiger partial charge is 0.490 e. The summed E-state index contributed by atoms with van der Waals surface area (Å²) in [6.07, 6.45) is 1.93. The van der Waals surface area contributed by atoms with Gasteiger partial charge in [-0.2, -0.15) is 13.2 Å². The van der Waals surface area contributed by atoms with E-state index in [-0.39, 0.29) is 17.5 Å². The van der Waals surface area contributed by atoms with Crippen LogP contribution in [0.1, 0.15) is 25.1 Å². The van der Waals surface area contributed by atoms with Gasteiger partial charge in [-0.1, -0.05) is 6.07 Å². The van der Waals surface area contributed by atoms with Gasteiger partial charge >= 0.3 is 12.1 Å². The van der Waals surface area contributed by atoms with E-state index in [1.54, 1.807) is 12.1 Å². The van der Waals surface area contributed by atoms with Gasteiger partial charge in [-0.3, -0.25) is 4.90 Å². The number of hydrogen-bond acceptors (Lipinski definition) is 5. The zero-order valence-electron chi connectivity index (χ0n) is 17.6. The highest BCUT2D eigenvalue weighted by molar-refractivity contribution is 5.73. The molecule has 2 N–H and O–H groups in total. The van der Waals surface area contributed by atoms with E-state index in [0.29, 0.717) is 6.61 Å². The van der Waals surface area contributed by atoms with Gasteiger partial charge in [0, 0.05) is 31.7 Å². The van der Waals surface area contributed by atoms with Crippen LogP contribution in [0.4, 0.5) is 23.2 Å². The SMILES string of the molecule is Cn1ccnc1CN1CCCC2(CC(Nc3cccc(F)c3)CO2)C1.O=C(O)C(F)(F)F. The smallest absolute Gasteiger partial charge is 0.475 e. The van der Waals surface area contributed by atoms with Crippen LogP contribution in [0, 0.1) is 5.82 Å². The molecule has 176 valence electrons. The van der Waals surface area contributed by atoms with Crippen LogP contribution in [0.5, 0.6) is 0 Å². The van der Waals surface area contributed by atoms with E-state index in [1.807, 2.05) is 25.5 Å². The van der Waals surface area contributed by atoms with Gasteiger partial charge in [0.1, 0.15) is 11.6 Å². The van der Waals surface area contributed by atoms with E-state index >= 15 is 0 Å². The molecule has 1 spiro atoms. The Kier molecular flexibility index (Phi) is 7.40. The molecule has 32 heavy (non-hydrogen) atoms. The minimum atomic E-state index is -5.08. The summed E-state index contributed by atoms with van der Waals surface area (Å²) in [5.41, 5.74) is 0.736. The summed E-state index contributed by atoms with van der Waals surface area (Å²) in [4.78, 5) is 15.8. The van der Waals surface area contributed by atoms with Gasteiger partial charge in [-0.05, 0) is 44.0 Å². The number of carboxylic acids is 1. The standard InChI is InChI=1S/C19H25FN4O.C2HF3O2/c1-23-9-7-21-18(23)12-24-8-3-6-19(14-24)11-17(13-25-19)22-16-5-2-4-15(20)10-16;3-2(4,5)1(6)7/h2,4-5,7,9-10,17,22H,3,6,8,11-14H2,1H3;(H,6,7). The zero-order valence-corrected chi connectivity index (χ0v) is 17.6. The average Bonchev–Trinajstić information content (AvgIpc) is 3.28. The molecule has 2 saturated heterocycles. The maximum absolute atomic E-state index is 13.4. The fourth-order valence-electron chi connectivity index (χ4n) is 4.11. The number of nitrogens with zero attached hydrogens (tertiary/aromatic N) is 3. The number of aromatic nitrogens is 2. The number of carbonyl (C=O) groups is 1. The molecule has 1 aromatic carbocycles. The van der Waals surface area contributed by atoms with Crippen molar-refractivity contribution in [3.8, 4) is 0 Å². The average molecular weight is 458 g/mol. The molecule has 2 aromatic rings. The van der Waals surface area contributed by atoms with Crippen LogP contribution in [-0.4, -0.2) is 63.0 Å². The molecule has 0 amide bonds. The molecule has 7 nitrogen and oxygen atoms in total. The quantitative estimate of drug-likeness (QED) is 0.684. The fraction of sp³-hybridized carbons (Fsp3) is 0.524. The van der Waals surface area contributed by atoms with Crippen LogP contribution in [0.3, 0.4) is 0 Å². The van der Waals surface area contributed by atoms with Crippen molar-refractivity contribution in [3.05, 3.63) is 48.3 Å². The summed E-state index contributed by atoms with van der Waals surface area (Å²) in [7, 11) is 2.03. The Balaban J connectivity index is 0.000000360. The van der Waals surface area contributed by atoms with Crippen molar-refractivity contribution >= 4 is 11.7 Å². The number of ether oxygens (including phenoxy) is 1. The molecule has 3 heterocycles. The minimum Gasteiger partial charge on any atom is -0.475 e. The highest BCUT2D eigenvalue weighted by Gasteiger charge is 2.43. The van der Waals surface area contributed by atoms with E-state index in [0.717, 1.165) is 50.4 Å². The van der Waals surface area contributed by atoms with Crippen LogP contribution in [0.15, 0.2) is 36.7 Å². The topological polar surface area (TPSA) is 79.6 Å². The number of imidazole rings is 1. The molecule has 2 unspecified atom stereocenters. The molecule has 11 heteroatoms. The number of aliphatic carboxylic acids is 1. The Labute approximate surface area is 183 Å². The minimum absolute atomic E-state index is 0.0889. The highest BCUT2D eigenvalue weighted by atomic mass is 19.4. The summed E-state index contributed by atoms with van der Waals surface area (Å²) < 4.78 is 53.4. The first-order chi connectivity index (χ1) is 15.1. The number of hydrogen-bond donors (Lipinski definition) is 2. The Morgan fingerprint density at radius 1 is 1.41 bits per heavy atom. The molecule has 4 rings (SSSR count). The first-order valence-corrected chi connectivity index (χ1v) is 10.2. The van der Waals surface area contributed by atoms with Crippen LogP contribution in [0.2, 0.25) is 0 Å². The van der Waals surface area contributed by atoms with Crippen LogP contribution in [-0.2, 0) is 23.1 Å². The van der Waals surface area contributed by atoms with Crippen molar-refractivity contribution < 1.29 is 32.2 Å². The molecule has 0 radical (unpaired) electrons. The summed E-state index contributed by atoms with van der Waals surface area (Å²) in [6, 6.07) is 6.88. The lowest BCUT2D eigenvalue weighted by Gasteiger charge is -2.39. The van der Waals surface area contributed by atoms with Gasteiger partial charge in [0.05, 0.1) is 24.8 Å². The number of anilines is 1. The van der Waals surface area contributed by atoms with Gasteiger partial charge < -0.3 is 19.7 Å². The Morgan fingerprint density at radius 3 is 2.78 bits per heavy atom. The fourth-order valence-corrected chi connectivity index (χ4v) is 4.11. The van der Waals surface area contributed by atoms with Crippen LogP contribution < -0.4 is 5.32 Å². The van der Waals surface area contributed by atoms with Gasteiger partial charge in [-0.25, -0.2) is 14.2 Å². The van der Waals surface area contributed by atoms with Crippen molar-refractivity contribution in [2.75, 3.05) is 25.0 Å². The molecule has 1 aromatic heterocycles. The number of rotatable bonds is 4. The summed E-state index contributed by atoms with van der Waals surface area (Å²) in [6.45, 7) is 3.55. The van der Waals surface area contributed by atoms with E-state index in [9.17, 15) is 17.6 Å². The van der Waals surface area contributed by atoms with Crippen molar-refractivity contribution in [1.82, 2.24) is 14.5 Å². The van der Waals surface area contributed by atoms with Gasteiger partial charge in [0.25, 0.3) is 0 Å². The lowest BCUT2D eigenvalue weighted by atomic mass is 9.88. The van der Waals surface area contributed by atoms with E-state index in [1.165, 1.54) is 6.07 Å². The molecule has 0 aliphatic carbocycles. The van der Waals surface area contributed by atoms with Crippen molar-refractivity contribution in [1.29, 1.82) is 0 Å². The summed E-state index contributed by atoms with van der Waals surface area (Å²) in [5.74, 6) is -1.88. The van der Waals surface area contributed by atoms with Crippen molar-refractivity contribution in [2.45, 2.75) is 43.6 Å². The summed E-state index contributed by atoms with van der Waals surface area (Å²) >= 11 is 0. The number of benzene rings is 1. The Morgan fingerprint density at radius 2 is 2.16 bits per heavy atom. The van der Waals surface area contributed by atoms with Crippen molar-refractivity contribution in [3.63, 3.8) is 0 Å². The predicted octanol–water partition coefficient (Wildman–Crippen LogP) is 3.43. The molecule has 0 bridgehead atoms. The highest BCUT2D eigenvalue weighted by Crippen LogP contribution is 2.36. The first kappa shape index (κ1) is 24.0. The van der Waals surface area contributed by atoms with Crippen LogP contribution in [0.25, 0.3) is 0 Å². The number of aryl methyl sites for hydroxylation is 1. The number of halogens is 4. The van der Waals surface area contributed by atoms with Crippen LogP contribution >= 0.6 is 0 Å². The zero-order chi connectivity index (χ0) is 23.4. The van der Waals surface area contributed by atoms with Gasteiger partial charge in [0.15, 0.2) is 0 Å². The second-order valence-corrected chi connectivity index (χ2v) is 8.12. The molecule has 0 saturated carbocycles. The van der Waals surface area contributed by atoms with E-state index in [4.69, 9.17) is 14.6 Å². The third-order valence-electron chi connectivity index (χ3n) is 5.55. The lowest BCUT2D eigenvalue weighted by molar-refractivity contribution is -0.192. The third kappa shape index (κ3) is 6.42. The number of piperidine rings is 1. The number of likely N-dealkylation sites (tertiary alicyclic amines) is 1. The van der Waals surface area contributed by atoms with Crippen molar-refractivity contribution in [2.24, 2.45) is 7.05 Å². The number of carboxylic acid groups (broad SMARTS) is 1. The maximum atomic E-state index is 13.4. The predicted molar refractivity (Wildman–Crippen MR) is 109 cm³/mol. The number of alkyl halides is 3. The second kappa shape index (κ2) is 9.86. The normalized spacial score (nSPS) is 23.6. The Hall–Kier alpha value is -2.66. The molecular formula is C21H26F4N4O3. The van der Waals surface area contributed by atoms with Gasteiger partial charge in [-0.15, -0.1) is 0 Å². The van der Waals surface area contributed by atoms with E-state index in [2.05, 4.69) is 19.8 Å². The lowest BCUT2D eigenvalue weighted by Crippen LogP contribution is -2.48. The molecule has 2 fully saturated rings. The molecule has 2 aliphatic heterocycles. The maximum Gasteiger partial charge on any atom is 0.490 e.